The Morgan fingerprint density at radius 3 is 2.64 bits per heavy atom. The Kier molecular flexibility index (Phi) is 4.10. The highest BCUT2D eigenvalue weighted by Crippen LogP contribution is 2.41. The van der Waals surface area contributed by atoms with E-state index in [-0.39, 0.29) is 0 Å². The normalized spacial score (nSPS) is 10.9. The Morgan fingerprint density at radius 1 is 1.09 bits per heavy atom. The maximum Gasteiger partial charge on any atom is 0.153 e. The third kappa shape index (κ3) is 2.47. The van der Waals surface area contributed by atoms with E-state index in [4.69, 9.17) is 33.7 Å². The largest absolute Gasteiger partial charge is 0.491 e. The monoisotopic (exact) mass is 332 g/mol. The van der Waals surface area contributed by atoms with E-state index in [1.807, 2.05) is 43.3 Å². The molecule has 1 heterocycles. The molecule has 5 heteroatoms. The predicted octanol–water partition coefficient (Wildman–Crippen LogP) is 5.19. The Morgan fingerprint density at radius 2 is 1.86 bits per heavy atom. The molecular weight excluding hydrogens is 319 g/mol. The average molecular weight is 333 g/mol. The first-order valence-corrected chi connectivity index (χ1v) is 7.64. The van der Waals surface area contributed by atoms with Crippen molar-refractivity contribution in [1.82, 2.24) is 4.98 Å². The molecule has 3 rings (SSSR count). The van der Waals surface area contributed by atoms with Crippen molar-refractivity contribution < 1.29 is 4.74 Å². The lowest BCUT2D eigenvalue weighted by atomic mass is 10.1. The molecule has 0 aliphatic rings. The average Bonchev–Trinajstić information content (AvgIpc) is 2.53. The van der Waals surface area contributed by atoms with Gasteiger partial charge in [-0.2, -0.15) is 0 Å². The second-order valence-electron chi connectivity index (χ2n) is 4.75. The third-order valence-electron chi connectivity index (χ3n) is 3.38. The van der Waals surface area contributed by atoms with E-state index >= 15 is 0 Å². The number of anilines is 1. The van der Waals surface area contributed by atoms with Gasteiger partial charge in [0.25, 0.3) is 0 Å². The number of fused-ring (bicyclic) bond motifs is 1. The molecule has 3 nitrogen and oxygen atoms in total. The lowest BCUT2D eigenvalue weighted by Gasteiger charge is -2.15. The number of hydrogen-bond acceptors (Lipinski definition) is 3. The summed E-state index contributed by atoms with van der Waals surface area (Å²) in [6.45, 7) is 2.43. The van der Waals surface area contributed by atoms with Gasteiger partial charge in [0.15, 0.2) is 5.75 Å². The van der Waals surface area contributed by atoms with Crippen molar-refractivity contribution in [3.8, 4) is 17.0 Å². The summed E-state index contributed by atoms with van der Waals surface area (Å²) in [6.07, 6.45) is 0. The van der Waals surface area contributed by atoms with Gasteiger partial charge in [-0.05, 0) is 25.1 Å². The molecule has 3 aromatic rings. The smallest absolute Gasteiger partial charge is 0.153 e. The summed E-state index contributed by atoms with van der Waals surface area (Å²) in [6, 6.07) is 13.1. The minimum Gasteiger partial charge on any atom is -0.491 e. The Balaban J connectivity index is 2.35. The standard InChI is InChI=1S/C17H14Cl2N2O/c1-2-22-17-10-6-3-4-9-13(10)21-16(15(17)20)11-7-5-8-12(18)14(11)19/h3-9H,2,20H2,1H3. The number of nitrogen functional groups attached to an aromatic ring is 1. The van der Waals surface area contributed by atoms with Gasteiger partial charge in [-0.25, -0.2) is 4.98 Å². The van der Waals surface area contributed by atoms with E-state index in [2.05, 4.69) is 4.98 Å². The number of nitrogens with zero attached hydrogens (tertiary/aromatic N) is 1. The van der Waals surface area contributed by atoms with Crippen molar-refractivity contribution in [3.05, 3.63) is 52.5 Å². The maximum absolute atomic E-state index is 6.31. The number of aromatic nitrogens is 1. The van der Waals surface area contributed by atoms with Crippen molar-refractivity contribution in [2.24, 2.45) is 0 Å². The molecule has 2 N–H and O–H groups in total. The molecule has 112 valence electrons. The molecule has 0 unspecified atom stereocenters. The lowest BCUT2D eigenvalue weighted by Crippen LogP contribution is -2.02. The van der Waals surface area contributed by atoms with Gasteiger partial charge in [-0.1, -0.05) is 47.5 Å². The molecule has 0 saturated heterocycles. The van der Waals surface area contributed by atoms with Crippen LogP contribution < -0.4 is 10.5 Å². The van der Waals surface area contributed by atoms with Crippen LogP contribution in [0.4, 0.5) is 5.69 Å². The molecule has 22 heavy (non-hydrogen) atoms. The highest BCUT2D eigenvalue weighted by Gasteiger charge is 2.17. The molecule has 0 atom stereocenters. The quantitative estimate of drug-likeness (QED) is 0.717. The minimum absolute atomic E-state index is 0.432. The van der Waals surface area contributed by atoms with Gasteiger partial charge >= 0.3 is 0 Å². The lowest BCUT2D eigenvalue weighted by molar-refractivity contribution is 0.346. The molecule has 0 aliphatic carbocycles. The fourth-order valence-electron chi connectivity index (χ4n) is 2.39. The number of ether oxygens (including phenoxy) is 1. The summed E-state index contributed by atoms with van der Waals surface area (Å²) < 4.78 is 5.74. The van der Waals surface area contributed by atoms with E-state index in [0.29, 0.717) is 39.3 Å². The van der Waals surface area contributed by atoms with Crippen LogP contribution in [0.5, 0.6) is 5.75 Å². The number of halogens is 2. The highest BCUT2D eigenvalue weighted by molar-refractivity contribution is 6.43. The van der Waals surface area contributed by atoms with Crippen LogP contribution in [-0.2, 0) is 0 Å². The Hall–Kier alpha value is -1.97. The van der Waals surface area contributed by atoms with Gasteiger partial charge in [0.1, 0.15) is 5.69 Å². The number of hydrogen-bond donors (Lipinski definition) is 1. The van der Waals surface area contributed by atoms with Crippen LogP contribution in [0, 0.1) is 0 Å². The van der Waals surface area contributed by atoms with E-state index in [1.54, 1.807) is 6.07 Å². The number of para-hydroxylation sites is 1. The van der Waals surface area contributed by atoms with E-state index in [9.17, 15) is 0 Å². The van der Waals surface area contributed by atoms with Gasteiger partial charge in [-0.3, -0.25) is 0 Å². The van der Waals surface area contributed by atoms with Crippen LogP contribution in [0.25, 0.3) is 22.2 Å². The van der Waals surface area contributed by atoms with Crippen molar-refractivity contribution in [2.45, 2.75) is 6.92 Å². The van der Waals surface area contributed by atoms with E-state index in [1.165, 1.54) is 0 Å². The van der Waals surface area contributed by atoms with Crippen LogP contribution in [0.3, 0.4) is 0 Å². The first-order chi connectivity index (χ1) is 10.6. The fraction of sp³-hybridized carbons (Fsp3) is 0.118. The zero-order valence-electron chi connectivity index (χ0n) is 11.9. The van der Waals surface area contributed by atoms with Gasteiger partial charge in [0.05, 0.1) is 27.9 Å². The molecule has 0 fully saturated rings. The van der Waals surface area contributed by atoms with Crippen LogP contribution >= 0.6 is 23.2 Å². The second kappa shape index (κ2) is 6.03. The second-order valence-corrected chi connectivity index (χ2v) is 5.54. The maximum atomic E-state index is 6.31. The summed E-state index contributed by atoms with van der Waals surface area (Å²) in [5, 5.41) is 1.77. The van der Waals surface area contributed by atoms with Gasteiger partial charge in [-0.15, -0.1) is 0 Å². The highest BCUT2D eigenvalue weighted by atomic mass is 35.5. The first-order valence-electron chi connectivity index (χ1n) is 6.89. The number of nitrogens with two attached hydrogens (primary N) is 1. The summed E-state index contributed by atoms with van der Waals surface area (Å²) in [5.74, 6) is 0.624. The minimum atomic E-state index is 0.432. The van der Waals surface area contributed by atoms with Crippen molar-refractivity contribution in [2.75, 3.05) is 12.3 Å². The topological polar surface area (TPSA) is 48.1 Å². The molecule has 0 spiro atoms. The molecule has 0 radical (unpaired) electrons. The fourth-order valence-corrected chi connectivity index (χ4v) is 2.78. The first kappa shape index (κ1) is 14.9. The van der Waals surface area contributed by atoms with E-state index < -0.39 is 0 Å². The van der Waals surface area contributed by atoms with Crippen LogP contribution in [0.1, 0.15) is 6.92 Å². The zero-order chi connectivity index (χ0) is 15.7. The summed E-state index contributed by atoms with van der Waals surface area (Å²) in [5.41, 5.74) is 8.83. The molecule has 0 saturated carbocycles. The molecule has 0 bridgehead atoms. The molecule has 0 aliphatic heterocycles. The van der Waals surface area contributed by atoms with Gasteiger partial charge in [0, 0.05) is 10.9 Å². The number of benzene rings is 2. The van der Waals surface area contributed by atoms with Gasteiger partial charge in [0.2, 0.25) is 0 Å². The summed E-state index contributed by atoms with van der Waals surface area (Å²) >= 11 is 12.4. The zero-order valence-corrected chi connectivity index (χ0v) is 13.4. The Labute approximate surface area is 138 Å². The van der Waals surface area contributed by atoms with Crippen LogP contribution in [0.2, 0.25) is 10.0 Å². The van der Waals surface area contributed by atoms with Crippen molar-refractivity contribution in [1.29, 1.82) is 0 Å². The van der Waals surface area contributed by atoms with Crippen LogP contribution in [-0.4, -0.2) is 11.6 Å². The molecule has 2 aromatic carbocycles. The van der Waals surface area contributed by atoms with E-state index in [0.717, 1.165) is 10.9 Å². The molecule has 0 amide bonds. The summed E-state index contributed by atoms with van der Waals surface area (Å²) in [4.78, 5) is 4.64. The number of pyridine rings is 1. The molecule has 1 aromatic heterocycles. The predicted molar refractivity (Wildman–Crippen MR) is 92.8 cm³/mol. The van der Waals surface area contributed by atoms with Crippen molar-refractivity contribution in [3.63, 3.8) is 0 Å². The number of rotatable bonds is 3. The SMILES string of the molecule is CCOc1c(N)c(-c2cccc(Cl)c2Cl)nc2ccccc12. The summed E-state index contributed by atoms with van der Waals surface area (Å²) in [7, 11) is 0. The van der Waals surface area contributed by atoms with Gasteiger partial charge < -0.3 is 10.5 Å². The molecular formula is C17H14Cl2N2O. The van der Waals surface area contributed by atoms with Crippen molar-refractivity contribution >= 4 is 39.8 Å². The third-order valence-corrected chi connectivity index (χ3v) is 4.19. The van der Waals surface area contributed by atoms with Crippen LogP contribution in [0.15, 0.2) is 42.5 Å². The Bertz CT molecular complexity index is 849.